The predicted molar refractivity (Wildman–Crippen MR) is 72.0 cm³/mol. The van der Waals surface area contributed by atoms with Gasteiger partial charge in [0.15, 0.2) is 9.84 Å². The normalized spacial score (nSPS) is 19.4. The smallest absolute Gasteiger partial charge is 0.270 e. The standard InChI is InChI=1S/C12H11FN2O5S/c1-7-4-9(15(17)18)5-10(11(7)13)12(16)14-8-2-3-21(19,20)6-8/h2-5,8H,6H2,1H3,(H,14,16). The van der Waals surface area contributed by atoms with Crippen LogP contribution in [-0.4, -0.2) is 31.0 Å². The molecule has 1 atom stereocenters. The van der Waals surface area contributed by atoms with Gasteiger partial charge in [-0.05, 0) is 18.6 Å². The number of nitrogens with zero attached hydrogens (tertiary/aromatic N) is 1. The summed E-state index contributed by atoms with van der Waals surface area (Å²) in [5, 5.41) is 14.0. The Bertz CT molecular complexity index is 757. The van der Waals surface area contributed by atoms with Crippen molar-refractivity contribution in [2.45, 2.75) is 13.0 Å². The summed E-state index contributed by atoms with van der Waals surface area (Å²) in [5.41, 5.74) is -0.933. The van der Waals surface area contributed by atoms with E-state index in [4.69, 9.17) is 0 Å². The molecule has 2 rings (SSSR count). The number of hydrogen-bond acceptors (Lipinski definition) is 5. The molecule has 1 aromatic rings. The molecule has 0 fully saturated rings. The van der Waals surface area contributed by atoms with Crippen LogP contribution in [0.15, 0.2) is 23.6 Å². The van der Waals surface area contributed by atoms with Crippen molar-refractivity contribution in [1.29, 1.82) is 0 Å². The van der Waals surface area contributed by atoms with E-state index in [9.17, 15) is 27.7 Å². The lowest BCUT2D eigenvalue weighted by molar-refractivity contribution is -0.385. The maximum Gasteiger partial charge on any atom is 0.270 e. The molecule has 1 unspecified atom stereocenters. The zero-order chi connectivity index (χ0) is 15.8. The average molecular weight is 314 g/mol. The van der Waals surface area contributed by atoms with Crippen molar-refractivity contribution in [1.82, 2.24) is 5.32 Å². The molecule has 0 aliphatic carbocycles. The predicted octanol–water partition coefficient (Wildman–Crippen LogP) is 1.08. The van der Waals surface area contributed by atoms with Crippen molar-refractivity contribution in [3.63, 3.8) is 0 Å². The van der Waals surface area contributed by atoms with Crippen molar-refractivity contribution in [2.24, 2.45) is 0 Å². The molecule has 1 aromatic carbocycles. The zero-order valence-electron chi connectivity index (χ0n) is 10.9. The molecule has 1 amide bonds. The fourth-order valence-corrected chi connectivity index (χ4v) is 3.17. The molecule has 0 aromatic heterocycles. The molecule has 9 heteroatoms. The number of amides is 1. The summed E-state index contributed by atoms with van der Waals surface area (Å²) in [6.07, 6.45) is 1.27. The van der Waals surface area contributed by atoms with Gasteiger partial charge >= 0.3 is 0 Å². The van der Waals surface area contributed by atoms with Gasteiger partial charge in [0.25, 0.3) is 11.6 Å². The first-order chi connectivity index (χ1) is 9.69. The molecule has 0 bridgehead atoms. The Morgan fingerprint density at radius 2 is 2.14 bits per heavy atom. The largest absolute Gasteiger partial charge is 0.345 e. The summed E-state index contributed by atoms with van der Waals surface area (Å²) < 4.78 is 36.3. The third-order valence-electron chi connectivity index (χ3n) is 2.94. The number of aryl methyl sites for hydroxylation is 1. The summed E-state index contributed by atoms with van der Waals surface area (Å²) >= 11 is 0. The second-order valence-electron chi connectivity index (χ2n) is 4.62. The van der Waals surface area contributed by atoms with Crippen molar-refractivity contribution in [2.75, 3.05) is 5.75 Å². The highest BCUT2D eigenvalue weighted by molar-refractivity contribution is 7.94. The fraction of sp³-hybridized carbons (Fsp3) is 0.250. The number of sulfone groups is 1. The van der Waals surface area contributed by atoms with E-state index in [0.717, 1.165) is 17.5 Å². The van der Waals surface area contributed by atoms with Crippen LogP contribution in [0.4, 0.5) is 10.1 Å². The Kier molecular flexibility index (Phi) is 3.77. The number of rotatable bonds is 3. The first kappa shape index (κ1) is 15.1. The average Bonchev–Trinajstić information content (AvgIpc) is 2.71. The van der Waals surface area contributed by atoms with Gasteiger partial charge in [-0.15, -0.1) is 0 Å². The molecule has 1 aliphatic heterocycles. The lowest BCUT2D eigenvalue weighted by atomic mass is 10.1. The molecular formula is C12H11FN2O5S. The molecule has 1 aliphatic rings. The van der Waals surface area contributed by atoms with E-state index in [1.165, 1.54) is 13.0 Å². The van der Waals surface area contributed by atoms with Gasteiger partial charge in [-0.25, -0.2) is 12.8 Å². The number of benzene rings is 1. The van der Waals surface area contributed by atoms with Crippen molar-refractivity contribution >= 4 is 21.4 Å². The molecule has 0 radical (unpaired) electrons. The Hall–Kier alpha value is -2.29. The van der Waals surface area contributed by atoms with E-state index < -0.39 is 43.8 Å². The summed E-state index contributed by atoms with van der Waals surface area (Å²) in [4.78, 5) is 22.0. The van der Waals surface area contributed by atoms with Crippen LogP contribution in [0.2, 0.25) is 0 Å². The van der Waals surface area contributed by atoms with Gasteiger partial charge in [0, 0.05) is 17.5 Å². The minimum Gasteiger partial charge on any atom is -0.345 e. The van der Waals surface area contributed by atoms with Gasteiger partial charge in [0.05, 0.1) is 22.3 Å². The van der Waals surface area contributed by atoms with Crippen LogP contribution < -0.4 is 5.32 Å². The van der Waals surface area contributed by atoms with Gasteiger partial charge < -0.3 is 5.32 Å². The highest BCUT2D eigenvalue weighted by atomic mass is 32.2. The number of nitro groups is 1. The molecular weight excluding hydrogens is 303 g/mol. The van der Waals surface area contributed by atoms with Crippen molar-refractivity contribution < 1.29 is 22.5 Å². The Balaban J connectivity index is 2.27. The van der Waals surface area contributed by atoms with Gasteiger partial charge in [0.2, 0.25) is 0 Å². The van der Waals surface area contributed by atoms with Crippen LogP contribution in [0.25, 0.3) is 0 Å². The molecule has 1 N–H and O–H groups in total. The van der Waals surface area contributed by atoms with E-state index in [1.54, 1.807) is 0 Å². The zero-order valence-corrected chi connectivity index (χ0v) is 11.7. The summed E-state index contributed by atoms with van der Waals surface area (Å²) in [6, 6.07) is 1.07. The minimum atomic E-state index is -3.36. The van der Waals surface area contributed by atoms with Crippen molar-refractivity contribution in [3.05, 3.63) is 50.7 Å². The number of nitrogens with one attached hydrogen (secondary N) is 1. The van der Waals surface area contributed by atoms with Crippen LogP contribution in [0, 0.1) is 22.9 Å². The molecule has 1 heterocycles. The first-order valence-electron chi connectivity index (χ1n) is 5.86. The molecule has 21 heavy (non-hydrogen) atoms. The number of halogens is 1. The Morgan fingerprint density at radius 1 is 1.48 bits per heavy atom. The molecule has 0 saturated carbocycles. The second-order valence-corrected chi connectivity index (χ2v) is 6.55. The SMILES string of the molecule is Cc1cc([N+](=O)[O-])cc(C(=O)NC2C=CS(=O)(=O)C2)c1F. The monoisotopic (exact) mass is 314 g/mol. The van der Waals surface area contributed by atoms with E-state index in [1.807, 2.05) is 0 Å². The third-order valence-corrected chi connectivity index (χ3v) is 4.34. The van der Waals surface area contributed by atoms with E-state index in [-0.39, 0.29) is 11.3 Å². The Morgan fingerprint density at radius 3 is 2.67 bits per heavy atom. The van der Waals surface area contributed by atoms with Crippen molar-refractivity contribution in [3.8, 4) is 0 Å². The van der Waals surface area contributed by atoms with Gasteiger partial charge in [-0.3, -0.25) is 14.9 Å². The summed E-state index contributed by atoms with van der Waals surface area (Å²) in [7, 11) is -3.36. The molecule has 0 saturated heterocycles. The minimum absolute atomic E-state index is 0.0380. The number of nitro benzene ring substituents is 1. The topological polar surface area (TPSA) is 106 Å². The van der Waals surface area contributed by atoms with Crippen LogP contribution >= 0.6 is 0 Å². The maximum absolute atomic E-state index is 13.9. The van der Waals surface area contributed by atoms with Gasteiger partial charge in [0.1, 0.15) is 5.82 Å². The Labute approximate surface area is 119 Å². The van der Waals surface area contributed by atoms with Gasteiger partial charge in [-0.1, -0.05) is 0 Å². The van der Waals surface area contributed by atoms with E-state index >= 15 is 0 Å². The molecule has 0 spiro atoms. The van der Waals surface area contributed by atoms with Crippen LogP contribution in [-0.2, 0) is 9.84 Å². The van der Waals surface area contributed by atoms with Crippen LogP contribution in [0.1, 0.15) is 15.9 Å². The fourth-order valence-electron chi connectivity index (χ4n) is 1.93. The van der Waals surface area contributed by atoms with Gasteiger partial charge in [-0.2, -0.15) is 0 Å². The van der Waals surface area contributed by atoms with Crippen LogP contribution in [0.5, 0.6) is 0 Å². The molecule has 112 valence electrons. The number of carbonyl (C=O) groups is 1. The highest BCUT2D eigenvalue weighted by Gasteiger charge is 2.26. The van der Waals surface area contributed by atoms with E-state index in [0.29, 0.717) is 0 Å². The lowest BCUT2D eigenvalue weighted by Crippen LogP contribution is -2.36. The summed E-state index contributed by atoms with van der Waals surface area (Å²) in [6.45, 7) is 1.30. The summed E-state index contributed by atoms with van der Waals surface area (Å²) in [5.74, 6) is -2.08. The third kappa shape index (κ3) is 3.24. The quantitative estimate of drug-likeness (QED) is 0.663. The lowest BCUT2D eigenvalue weighted by Gasteiger charge is -2.11. The second kappa shape index (κ2) is 5.24. The maximum atomic E-state index is 13.9. The number of carbonyl (C=O) groups excluding carboxylic acids is 1. The number of hydrogen-bond donors (Lipinski definition) is 1. The van der Waals surface area contributed by atoms with E-state index in [2.05, 4.69) is 5.32 Å². The highest BCUT2D eigenvalue weighted by Crippen LogP contribution is 2.21. The first-order valence-corrected chi connectivity index (χ1v) is 7.57. The molecule has 7 nitrogen and oxygen atoms in total. The van der Waals surface area contributed by atoms with Crippen LogP contribution in [0.3, 0.4) is 0 Å². The number of non-ortho nitro benzene ring substituents is 1.